The number of aromatic amines is 1. The number of hydrogen-bond donors (Lipinski definition) is 3. The average molecular weight is 395 g/mol. The van der Waals surface area contributed by atoms with Crippen LogP contribution in [-0.2, 0) is 6.54 Å². The number of rotatable bonds is 0. The van der Waals surface area contributed by atoms with Gasteiger partial charge in [0, 0.05) is 30.4 Å². The highest BCUT2D eigenvalue weighted by Crippen LogP contribution is 2.35. The Morgan fingerprint density at radius 3 is 3.00 bits per heavy atom. The molecule has 4 N–H and O–H groups in total. The number of nitrogens with one attached hydrogen (secondary N) is 2. The summed E-state index contributed by atoms with van der Waals surface area (Å²) in [6.07, 6.45) is 0.847. The summed E-state index contributed by atoms with van der Waals surface area (Å²) in [6, 6.07) is 7.65. The molecular weight excluding hydrogens is 377 g/mol. The number of benzene rings is 1. The fraction of sp³-hybridized carbons (Fsp3) is 0.211. The second-order valence-electron chi connectivity index (χ2n) is 6.80. The molecule has 2 aromatic heterocycles. The number of aromatic nitrogens is 3. The Hall–Kier alpha value is -3.52. The zero-order valence-electron chi connectivity index (χ0n) is 15.7. The first-order valence-electron chi connectivity index (χ1n) is 8.83. The van der Waals surface area contributed by atoms with Crippen molar-refractivity contribution < 1.29 is 14.3 Å². The summed E-state index contributed by atoms with van der Waals surface area (Å²) in [7, 11) is 1.62. The largest absolute Gasteiger partial charge is 0.608 e. The van der Waals surface area contributed by atoms with Crippen molar-refractivity contribution in [3.63, 3.8) is 0 Å². The third kappa shape index (κ3) is 3.27. The van der Waals surface area contributed by atoms with E-state index >= 15 is 0 Å². The maximum atomic E-state index is 13.9. The number of nitrogens with two attached hydrogens (primary N) is 1. The van der Waals surface area contributed by atoms with Crippen LogP contribution in [0.4, 0.5) is 15.9 Å². The summed E-state index contributed by atoms with van der Waals surface area (Å²) in [5, 5.41) is 30.5. The van der Waals surface area contributed by atoms with Crippen molar-refractivity contribution in [3.8, 4) is 22.9 Å². The van der Waals surface area contributed by atoms with Gasteiger partial charge in [-0.15, -0.1) is 5.01 Å². The molecule has 0 saturated heterocycles. The van der Waals surface area contributed by atoms with Gasteiger partial charge in [-0.1, -0.05) is 0 Å². The maximum absolute atomic E-state index is 13.9. The molecule has 0 saturated carbocycles. The van der Waals surface area contributed by atoms with E-state index in [-0.39, 0.29) is 29.0 Å². The van der Waals surface area contributed by atoms with Gasteiger partial charge in [-0.3, -0.25) is 10.3 Å². The normalized spacial score (nSPS) is 19.1. The number of nitriles is 1. The lowest BCUT2D eigenvalue weighted by molar-refractivity contribution is -0.911. The number of pyridine rings is 1. The number of H-pyrrole nitrogens is 1. The van der Waals surface area contributed by atoms with Crippen LogP contribution in [0.3, 0.4) is 0 Å². The van der Waals surface area contributed by atoms with Gasteiger partial charge in [0.2, 0.25) is 0 Å². The van der Waals surface area contributed by atoms with E-state index in [1.807, 2.05) is 6.07 Å². The molecule has 1 aliphatic heterocycles. The monoisotopic (exact) mass is 395 g/mol. The van der Waals surface area contributed by atoms with Crippen LogP contribution < -0.4 is 15.6 Å². The van der Waals surface area contributed by atoms with Crippen LogP contribution in [0.2, 0.25) is 0 Å². The average Bonchev–Trinajstić information content (AvgIpc) is 3.10. The van der Waals surface area contributed by atoms with Crippen molar-refractivity contribution in [2.24, 2.45) is 0 Å². The molecule has 1 aliphatic rings. The number of nitrogens with zero attached hydrogens (tertiary/aromatic N) is 4. The van der Waals surface area contributed by atoms with Gasteiger partial charge in [0.15, 0.2) is 22.9 Å². The van der Waals surface area contributed by atoms with Crippen LogP contribution in [0, 0.1) is 22.4 Å². The Balaban J connectivity index is 1.94. The molecule has 9 nitrogen and oxygen atoms in total. The molecule has 4 rings (SSSR count). The Bertz CT molecular complexity index is 1120. The fourth-order valence-corrected chi connectivity index (χ4v) is 3.40. The third-order valence-electron chi connectivity index (χ3n) is 4.85. The third-order valence-corrected chi connectivity index (χ3v) is 4.85. The number of nitrogen functional groups attached to an aromatic ring is 1. The lowest BCUT2D eigenvalue weighted by Gasteiger charge is -2.33. The Kier molecular flexibility index (Phi) is 4.63. The molecule has 2 bridgehead atoms. The SMILES string of the molecule is C[C@H]1Oc2cc(cnc2N)-c2c(C#N)n[nH]c2CN(C)[NH+]([O-])c2ccc(F)cc21. The fourth-order valence-electron chi connectivity index (χ4n) is 3.40. The van der Waals surface area contributed by atoms with Gasteiger partial charge in [0.25, 0.3) is 0 Å². The first-order chi connectivity index (χ1) is 13.9. The Labute approximate surface area is 165 Å². The van der Waals surface area contributed by atoms with Gasteiger partial charge >= 0.3 is 0 Å². The van der Waals surface area contributed by atoms with Crippen molar-refractivity contribution in [2.45, 2.75) is 19.6 Å². The summed E-state index contributed by atoms with van der Waals surface area (Å²) in [6.45, 7) is 1.86. The van der Waals surface area contributed by atoms with Gasteiger partial charge in [-0.25, -0.2) is 9.37 Å². The summed E-state index contributed by atoms with van der Waals surface area (Å²) < 4.78 is 19.9. The predicted octanol–water partition coefficient (Wildman–Crippen LogP) is 1.58. The number of hydrogen-bond acceptors (Lipinski definition) is 7. The highest BCUT2D eigenvalue weighted by Gasteiger charge is 2.26. The molecule has 0 aliphatic carbocycles. The van der Waals surface area contributed by atoms with Crippen molar-refractivity contribution in [2.75, 3.05) is 12.8 Å². The van der Waals surface area contributed by atoms with E-state index in [4.69, 9.17) is 10.5 Å². The minimum absolute atomic E-state index is 0.141. The van der Waals surface area contributed by atoms with Gasteiger partial charge in [-0.05, 0) is 25.1 Å². The molecule has 10 heteroatoms. The number of quaternary nitrogens is 1. The van der Waals surface area contributed by atoms with E-state index in [1.54, 1.807) is 20.0 Å². The Morgan fingerprint density at radius 1 is 1.45 bits per heavy atom. The molecule has 0 fully saturated rings. The molecule has 2 atom stereocenters. The van der Waals surface area contributed by atoms with E-state index in [1.165, 1.54) is 29.4 Å². The van der Waals surface area contributed by atoms with Crippen molar-refractivity contribution in [3.05, 3.63) is 58.4 Å². The van der Waals surface area contributed by atoms with Gasteiger partial charge in [0.05, 0.1) is 17.8 Å². The smallest absolute Gasteiger partial charge is 0.170 e. The van der Waals surface area contributed by atoms with E-state index in [9.17, 15) is 14.9 Å². The molecule has 0 amide bonds. The van der Waals surface area contributed by atoms with E-state index in [0.29, 0.717) is 28.1 Å². The molecule has 3 aromatic rings. The number of halogens is 1. The number of anilines is 1. The summed E-state index contributed by atoms with van der Waals surface area (Å²) >= 11 is 0. The predicted molar refractivity (Wildman–Crippen MR) is 102 cm³/mol. The highest BCUT2D eigenvalue weighted by molar-refractivity contribution is 5.73. The molecule has 0 spiro atoms. The van der Waals surface area contributed by atoms with Gasteiger partial charge in [-0.2, -0.15) is 10.4 Å². The topological polar surface area (TPSA) is 131 Å². The summed E-state index contributed by atoms with van der Waals surface area (Å²) in [5.41, 5.74) is 8.51. The van der Waals surface area contributed by atoms with Gasteiger partial charge in [0.1, 0.15) is 18.0 Å². The molecular formula is C19H18FN7O2. The van der Waals surface area contributed by atoms with Crippen molar-refractivity contribution in [1.82, 2.24) is 20.2 Å². The number of ether oxygens (including phenoxy) is 1. The summed E-state index contributed by atoms with van der Waals surface area (Å²) in [5.74, 6) is -0.0682. The summed E-state index contributed by atoms with van der Waals surface area (Å²) in [4.78, 5) is 4.17. The molecule has 1 aromatic carbocycles. The Morgan fingerprint density at radius 2 is 2.24 bits per heavy atom. The minimum atomic E-state index is -0.670. The maximum Gasteiger partial charge on any atom is 0.170 e. The zero-order valence-corrected chi connectivity index (χ0v) is 15.7. The van der Waals surface area contributed by atoms with Gasteiger partial charge < -0.3 is 15.7 Å². The van der Waals surface area contributed by atoms with Crippen LogP contribution in [0.1, 0.15) is 30.0 Å². The molecule has 3 heterocycles. The van der Waals surface area contributed by atoms with E-state index in [0.717, 1.165) is 0 Å². The second-order valence-corrected chi connectivity index (χ2v) is 6.80. The first kappa shape index (κ1) is 18.8. The highest BCUT2D eigenvalue weighted by atomic mass is 19.1. The van der Waals surface area contributed by atoms with Crippen molar-refractivity contribution in [1.29, 1.82) is 5.26 Å². The lowest BCUT2D eigenvalue weighted by Crippen LogP contribution is -3.08. The molecule has 0 radical (unpaired) electrons. The number of fused-ring (bicyclic) bond motifs is 5. The van der Waals surface area contributed by atoms with Crippen LogP contribution in [0.5, 0.6) is 5.75 Å². The van der Waals surface area contributed by atoms with Crippen LogP contribution >= 0.6 is 0 Å². The quantitative estimate of drug-likeness (QED) is 0.492. The van der Waals surface area contributed by atoms with Crippen LogP contribution in [-0.4, -0.2) is 27.2 Å². The molecule has 148 valence electrons. The molecule has 29 heavy (non-hydrogen) atoms. The van der Waals surface area contributed by atoms with Crippen LogP contribution in [0.15, 0.2) is 30.5 Å². The molecule has 1 unspecified atom stereocenters. The minimum Gasteiger partial charge on any atom is -0.608 e. The standard InChI is InChI=1S/C19H18FN7O2/c1-10-13-6-12(20)3-4-16(13)27(28)26(2)9-15-18(14(7-21)24-25-15)11-5-17(29-10)19(22)23-8-11/h3-6,8,10,27H,9H2,1-2H3,(H2,22,23)(H,24,25)/t10-/m1/s1. The lowest BCUT2D eigenvalue weighted by atomic mass is 10.0. The van der Waals surface area contributed by atoms with E-state index < -0.39 is 11.9 Å². The zero-order chi connectivity index (χ0) is 20.7. The second kappa shape index (κ2) is 7.14. The first-order valence-corrected chi connectivity index (χ1v) is 8.83. The van der Waals surface area contributed by atoms with Crippen LogP contribution in [0.25, 0.3) is 11.1 Å². The van der Waals surface area contributed by atoms with E-state index in [2.05, 4.69) is 15.2 Å². The van der Waals surface area contributed by atoms with Crippen molar-refractivity contribution >= 4 is 11.5 Å².